The van der Waals surface area contributed by atoms with Crippen LogP contribution in [0.2, 0.25) is 0 Å². The van der Waals surface area contributed by atoms with Crippen LogP contribution in [0.5, 0.6) is 0 Å². The molecule has 0 spiro atoms. The van der Waals surface area contributed by atoms with Crippen molar-refractivity contribution < 1.29 is 0 Å². The Bertz CT molecular complexity index is 317. The van der Waals surface area contributed by atoms with Crippen LogP contribution >= 0.6 is 23.1 Å². The zero-order valence-electron chi connectivity index (χ0n) is 10.4. The summed E-state index contributed by atoms with van der Waals surface area (Å²) in [4.78, 5) is 4.46. The molecule has 1 N–H and O–H groups in total. The summed E-state index contributed by atoms with van der Waals surface area (Å²) in [6.07, 6.45) is 2.09. The van der Waals surface area contributed by atoms with Crippen LogP contribution in [0, 0.1) is 0 Å². The van der Waals surface area contributed by atoms with E-state index in [2.05, 4.69) is 35.4 Å². The summed E-state index contributed by atoms with van der Waals surface area (Å²) in [5.74, 6) is 0.908. The third kappa shape index (κ3) is 4.66. The van der Waals surface area contributed by atoms with E-state index in [4.69, 9.17) is 11.6 Å². The second-order valence-electron chi connectivity index (χ2n) is 5.02. The zero-order chi connectivity index (χ0) is 12.2. The molecule has 0 amide bonds. The van der Waals surface area contributed by atoms with Crippen LogP contribution in [0.25, 0.3) is 0 Å². The predicted octanol–water partition coefficient (Wildman–Crippen LogP) is 3.66. The first-order chi connectivity index (χ1) is 7.39. The number of halogens is 1. The number of nitrogens with zero attached hydrogens (tertiary/aromatic N) is 2. The molecule has 1 aromatic rings. The van der Waals surface area contributed by atoms with Crippen LogP contribution < -0.4 is 5.32 Å². The molecule has 3 nitrogen and oxygen atoms in total. The van der Waals surface area contributed by atoms with Crippen molar-refractivity contribution >= 4 is 28.3 Å². The number of rotatable bonds is 5. The minimum absolute atomic E-state index is 0.0289. The van der Waals surface area contributed by atoms with Crippen molar-refractivity contribution in [2.45, 2.75) is 51.3 Å². The Kier molecular flexibility index (Phi) is 4.99. The number of hydrogen-bond acceptors (Lipinski definition) is 4. The molecule has 0 fully saturated rings. The quantitative estimate of drug-likeness (QED) is 0.649. The first-order valence-electron chi connectivity index (χ1n) is 5.61. The maximum atomic E-state index is 5.87. The Balaban J connectivity index is 2.36. The van der Waals surface area contributed by atoms with Gasteiger partial charge in [-0.25, -0.2) is 4.98 Å². The van der Waals surface area contributed by atoms with E-state index in [1.165, 1.54) is 11.5 Å². The standard InChI is InChI=1S/C11H20ClN3S/c1-8(12)6-5-7-13-10-14-9(15-16-10)11(2,3)4/h8H,5-7H2,1-4H3,(H,13,14,15). The normalized spacial score (nSPS) is 13.8. The van der Waals surface area contributed by atoms with Crippen LogP contribution in [0.3, 0.4) is 0 Å². The Morgan fingerprint density at radius 1 is 1.44 bits per heavy atom. The zero-order valence-corrected chi connectivity index (χ0v) is 12.0. The summed E-state index contributed by atoms with van der Waals surface area (Å²) in [5, 5.41) is 4.44. The molecule has 1 unspecified atom stereocenters. The van der Waals surface area contributed by atoms with Gasteiger partial charge in [-0.2, -0.15) is 4.37 Å². The van der Waals surface area contributed by atoms with Gasteiger partial charge < -0.3 is 5.32 Å². The van der Waals surface area contributed by atoms with E-state index in [0.717, 1.165) is 30.3 Å². The largest absolute Gasteiger partial charge is 0.360 e. The van der Waals surface area contributed by atoms with Crippen LogP contribution in [0.1, 0.15) is 46.4 Å². The van der Waals surface area contributed by atoms with E-state index in [9.17, 15) is 0 Å². The van der Waals surface area contributed by atoms with Gasteiger partial charge in [0.25, 0.3) is 0 Å². The smallest absolute Gasteiger partial charge is 0.202 e. The van der Waals surface area contributed by atoms with Crippen molar-refractivity contribution in [2.75, 3.05) is 11.9 Å². The second-order valence-corrected chi connectivity index (χ2v) is 6.52. The molecule has 1 heterocycles. The number of nitrogens with one attached hydrogen (secondary N) is 1. The SMILES string of the molecule is CC(Cl)CCCNc1nc(C(C)(C)C)ns1. The van der Waals surface area contributed by atoms with Gasteiger partial charge in [0.15, 0.2) is 0 Å². The third-order valence-corrected chi connectivity index (χ3v) is 3.04. The molecule has 0 bridgehead atoms. The van der Waals surface area contributed by atoms with Crippen molar-refractivity contribution in [2.24, 2.45) is 0 Å². The summed E-state index contributed by atoms with van der Waals surface area (Å²) >= 11 is 7.30. The molecule has 0 aliphatic rings. The lowest BCUT2D eigenvalue weighted by atomic mass is 9.96. The Morgan fingerprint density at radius 2 is 2.12 bits per heavy atom. The van der Waals surface area contributed by atoms with Gasteiger partial charge in [0.05, 0.1) is 0 Å². The van der Waals surface area contributed by atoms with Gasteiger partial charge in [0.2, 0.25) is 5.13 Å². The van der Waals surface area contributed by atoms with E-state index in [1.54, 1.807) is 0 Å². The number of aromatic nitrogens is 2. The summed E-state index contributed by atoms with van der Waals surface area (Å²) in [6.45, 7) is 9.29. The van der Waals surface area contributed by atoms with Crippen molar-refractivity contribution in [3.63, 3.8) is 0 Å². The molecule has 0 aliphatic heterocycles. The van der Waals surface area contributed by atoms with Crippen LogP contribution in [-0.2, 0) is 5.41 Å². The lowest BCUT2D eigenvalue weighted by Gasteiger charge is -2.12. The van der Waals surface area contributed by atoms with Gasteiger partial charge in [-0.05, 0) is 19.8 Å². The van der Waals surface area contributed by atoms with E-state index >= 15 is 0 Å². The van der Waals surface area contributed by atoms with Crippen LogP contribution in [0.4, 0.5) is 5.13 Å². The molecular weight excluding hydrogens is 242 g/mol. The molecule has 16 heavy (non-hydrogen) atoms. The lowest BCUT2D eigenvalue weighted by molar-refractivity contribution is 0.555. The molecule has 0 saturated carbocycles. The highest BCUT2D eigenvalue weighted by Crippen LogP contribution is 2.22. The molecule has 1 rings (SSSR count). The molecule has 5 heteroatoms. The van der Waals surface area contributed by atoms with Gasteiger partial charge in [-0.1, -0.05) is 20.8 Å². The van der Waals surface area contributed by atoms with Crippen molar-refractivity contribution in [3.8, 4) is 0 Å². The van der Waals surface area contributed by atoms with Crippen molar-refractivity contribution in [1.82, 2.24) is 9.36 Å². The molecule has 1 aromatic heterocycles. The molecular formula is C11H20ClN3S. The highest BCUT2D eigenvalue weighted by atomic mass is 35.5. The van der Waals surface area contributed by atoms with Gasteiger partial charge in [-0.3, -0.25) is 0 Å². The van der Waals surface area contributed by atoms with E-state index < -0.39 is 0 Å². The van der Waals surface area contributed by atoms with Gasteiger partial charge in [-0.15, -0.1) is 11.6 Å². The molecule has 0 aromatic carbocycles. The maximum absolute atomic E-state index is 5.87. The Labute approximate surface area is 107 Å². The van der Waals surface area contributed by atoms with E-state index in [1.807, 2.05) is 6.92 Å². The van der Waals surface area contributed by atoms with E-state index in [-0.39, 0.29) is 10.8 Å². The van der Waals surface area contributed by atoms with Gasteiger partial charge >= 0.3 is 0 Å². The highest BCUT2D eigenvalue weighted by Gasteiger charge is 2.19. The molecule has 92 valence electrons. The van der Waals surface area contributed by atoms with Gasteiger partial charge in [0.1, 0.15) is 5.82 Å². The maximum Gasteiger partial charge on any atom is 0.202 e. The minimum atomic E-state index is 0.0289. The summed E-state index contributed by atoms with van der Waals surface area (Å²) < 4.78 is 4.34. The molecule has 1 atom stereocenters. The van der Waals surface area contributed by atoms with Gasteiger partial charge in [0, 0.05) is 28.9 Å². The average Bonchev–Trinajstić information content (AvgIpc) is 2.59. The summed E-state index contributed by atoms with van der Waals surface area (Å²) in [7, 11) is 0. The second kappa shape index (κ2) is 5.82. The monoisotopic (exact) mass is 261 g/mol. The fourth-order valence-corrected chi connectivity index (χ4v) is 2.11. The average molecular weight is 262 g/mol. The van der Waals surface area contributed by atoms with Crippen LogP contribution in [0.15, 0.2) is 0 Å². The summed E-state index contributed by atoms with van der Waals surface area (Å²) in [6, 6.07) is 0. The molecule has 0 aliphatic carbocycles. The summed E-state index contributed by atoms with van der Waals surface area (Å²) in [5.41, 5.74) is 0.0289. The predicted molar refractivity (Wildman–Crippen MR) is 71.6 cm³/mol. The molecule has 0 radical (unpaired) electrons. The third-order valence-electron chi connectivity index (χ3n) is 2.15. The minimum Gasteiger partial charge on any atom is -0.360 e. The lowest BCUT2D eigenvalue weighted by Crippen LogP contribution is -2.13. The fourth-order valence-electron chi connectivity index (χ4n) is 1.18. The first kappa shape index (κ1) is 13.7. The Hall–Kier alpha value is -0.350. The first-order valence-corrected chi connectivity index (χ1v) is 6.82. The number of hydrogen-bond donors (Lipinski definition) is 1. The number of anilines is 1. The fraction of sp³-hybridized carbons (Fsp3) is 0.818. The number of alkyl halides is 1. The Morgan fingerprint density at radius 3 is 2.62 bits per heavy atom. The highest BCUT2D eigenvalue weighted by molar-refractivity contribution is 7.09. The van der Waals surface area contributed by atoms with Crippen molar-refractivity contribution in [3.05, 3.63) is 5.82 Å². The molecule has 0 saturated heterocycles. The van der Waals surface area contributed by atoms with Crippen LogP contribution in [-0.4, -0.2) is 21.3 Å². The van der Waals surface area contributed by atoms with E-state index in [0.29, 0.717) is 0 Å². The topological polar surface area (TPSA) is 37.8 Å². The van der Waals surface area contributed by atoms with Crippen molar-refractivity contribution in [1.29, 1.82) is 0 Å².